The lowest BCUT2D eigenvalue weighted by Gasteiger charge is -2.40. The minimum absolute atomic E-state index is 0.459. The van der Waals surface area contributed by atoms with Gasteiger partial charge in [-0.25, -0.2) is 0 Å². The highest BCUT2D eigenvalue weighted by Crippen LogP contribution is 2.46. The smallest absolute Gasteiger partial charge is 0.107 e. The van der Waals surface area contributed by atoms with E-state index in [4.69, 9.17) is 4.42 Å². The van der Waals surface area contributed by atoms with Crippen LogP contribution in [0.25, 0.3) is 0 Å². The van der Waals surface area contributed by atoms with Gasteiger partial charge in [-0.2, -0.15) is 0 Å². The molecule has 1 aliphatic carbocycles. The Morgan fingerprint density at radius 3 is 2.94 bits per heavy atom. The maximum Gasteiger partial charge on any atom is 0.107 e. The van der Waals surface area contributed by atoms with Gasteiger partial charge in [-0.05, 0) is 55.8 Å². The zero-order chi connectivity index (χ0) is 12.3. The summed E-state index contributed by atoms with van der Waals surface area (Å²) >= 11 is 0. The highest BCUT2D eigenvalue weighted by molar-refractivity contribution is 5.10. The van der Waals surface area contributed by atoms with E-state index >= 15 is 0 Å². The molecule has 0 bridgehead atoms. The van der Waals surface area contributed by atoms with Crippen molar-refractivity contribution in [3.05, 3.63) is 24.2 Å². The largest absolute Gasteiger partial charge is 0.469 e. The number of hydrogen-bond acceptors (Lipinski definition) is 2. The van der Waals surface area contributed by atoms with Gasteiger partial charge in [0, 0.05) is 5.92 Å². The average molecular weight is 235 g/mol. The Morgan fingerprint density at radius 1 is 1.47 bits per heavy atom. The van der Waals surface area contributed by atoms with E-state index in [-0.39, 0.29) is 0 Å². The van der Waals surface area contributed by atoms with E-state index in [0.717, 1.165) is 19.0 Å². The second kappa shape index (κ2) is 5.26. The monoisotopic (exact) mass is 235 g/mol. The van der Waals surface area contributed by atoms with Crippen molar-refractivity contribution in [2.24, 2.45) is 11.3 Å². The van der Waals surface area contributed by atoms with Crippen molar-refractivity contribution >= 4 is 0 Å². The van der Waals surface area contributed by atoms with Crippen molar-refractivity contribution in [3.8, 4) is 0 Å². The van der Waals surface area contributed by atoms with Crippen LogP contribution in [0, 0.1) is 11.3 Å². The maximum atomic E-state index is 5.65. The average Bonchev–Trinajstić information content (AvgIpc) is 2.80. The number of rotatable bonds is 4. The highest BCUT2D eigenvalue weighted by Gasteiger charge is 2.36. The molecule has 1 aromatic rings. The summed E-state index contributed by atoms with van der Waals surface area (Å²) in [5, 5.41) is 3.50. The third-order valence-corrected chi connectivity index (χ3v) is 4.10. The highest BCUT2D eigenvalue weighted by atomic mass is 16.3. The summed E-state index contributed by atoms with van der Waals surface area (Å²) in [6.07, 6.45) is 5.70. The summed E-state index contributed by atoms with van der Waals surface area (Å²) in [7, 11) is 0. The number of nitrogens with one attached hydrogen (secondary N) is 1. The van der Waals surface area contributed by atoms with Crippen LogP contribution >= 0.6 is 0 Å². The van der Waals surface area contributed by atoms with Crippen molar-refractivity contribution in [2.45, 2.75) is 46.0 Å². The fraction of sp³-hybridized carbons (Fsp3) is 0.733. The molecule has 2 nitrogen and oxygen atoms in total. The second-order valence-electron chi connectivity index (χ2n) is 6.10. The molecular weight excluding hydrogens is 210 g/mol. The molecular formula is C15H25NO. The van der Waals surface area contributed by atoms with Gasteiger partial charge in [-0.15, -0.1) is 0 Å². The Kier molecular flexibility index (Phi) is 3.93. The summed E-state index contributed by atoms with van der Waals surface area (Å²) in [6, 6.07) is 4.16. The molecule has 1 aromatic heterocycles. The molecule has 96 valence electrons. The standard InChI is InChI=1S/C15H25NO/c1-4-16-11-12-7-8-15(2,3)10-13(12)14-6-5-9-17-14/h5-6,9,12-13,16H,4,7-8,10-11H2,1-3H3. The van der Waals surface area contributed by atoms with Crippen LogP contribution in [0.5, 0.6) is 0 Å². The van der Waals surface area contributed by atoms with Crippen molar-refractivity contribution in [1.82, 2.24) is 5.32 Å². The van der Waals surface area contributed by atoms with Gasteiger partial charge >= 0.3 is 0 Å². The molecule has 2 heteroatoms. The first-order valence-corrected chi connectivity index (χ1v) is 6.86. The Labute approximate surface area is 105 Å². The normalized spacial score (nSPS) is 28.2. The molecule has 0 spiro atoms. The van der Waals surface area contributed by atoms with Crippen molar-refractivity contribution in [1.29, 1.82) is 0 Å². The quantitative estimate of drug-likeness (QED) is 0.858. The van der Waals surface area contributed by atoms with E-state index in [1.165, 1.54) is 25.0 Å². The summed E-state index contributed by atoms with van der Waals surface area (Å²) in [4.78, 5) is 0. The molecule has 2 atom stereocenters. The van der Waals surface area contributed by atoms with Crippen LogP contribution in [-0.2, 0) is 0 Å². The lowest BCUT2D eigenvalue weighted by Crippen LogP contribution is -2.34. The van der Waals surface area contributed by atoms with Gasteiger partial charge in [0.15, 0.2) is 0 Å². The fourth-order valence-corrected chi connectivity index (χ4v) is 3.05. The fourth-order valence-electron chi connectivity index (χ4n) is 3.05. The molecule has 0 saturated heterocycles. The van der Waals surface area contributed by atoms with Crippen molar-refractivity contribution < 1.29 is 4.42 Å². The topological polar surface area (TPSA) is 25.2 Å². The molecule has 1 heterocycles. The Hall–Kier alpha value is -0.760. The molecule has 0 radical (unpaired) electrons. The zero-order valence-corrected chi connectivity index (χ0v) is 11.3. The van der Waals surface area contributed by atoms with E-state index < -0.39 is 0 Å². The maximum absolute atomic E-state index is 5.65. The molecule has 17 heavy (non-hydrogen) atoms. The van der Waals surface area contributed by atoms with Gasteiger partial charge in [0.05, 0.1) is 6.26 Å². The Balaban J connectivity index is 2.09. The number of furan rings is 1. The lowest BCUT2D eigenvalue weighted by atomic mass is 9.66. The molecule has 0 aliphatic heterocycles. The molecule has 1 N–H and O–H groups in total. The van der Waals surface area contributed by atoms with E-state index in [2.05, 4.69) is 32.2 Å². The molecule has 1 fully saturated rings. The van der Waals surface area contributed by atoms with Crippen LogP contribution in [0.15, 0.2) is 22.8 Å². The van der Waals surface area contributed by atoms with E-state index in [1.54, 1.807) is 6.26 Å². The number of hydrogen-bond donors (Lipinski definition) is 1. The SMILES string of the molecule is CCNCC1CCC(C)(C)CC1c1ccco1. The predicted molar refractivity (Wildman–Crippen MR) is 71.1 cm³/mol. The van der Waals surface area contributed by atoms with Gasteiger partial charge in [0.2, 0.25) is 0 Å². The predicted octanol–water partition coefficient (Wildman–Crippen LogP) is 3.80. The molecule has 1 aliphatic rings. The van der Waals surface area contributed by atoms with Crippen LogP contribution in [-0.4, -0.2) is 13.1 Å². The summed E-state index contributed by atoms with van der Waals surface area (Å²) in [5.74, 6) is 2.50. The lowest BCUT2D eigenvalue weighted by molar-refractivity contribution is 0.146. The summed E-state index contributed by atoms with van der Waals surface area (Å²) < 4.78 is 5.65. The third-order valence-electron chi connectivity index (χ3n) is 4.10. The molecule has 0 aromatic carbocycles. The van der Waals surface area contributed by atoms with Crippen LogP contribution in [0.1, 0.15) is 51.7 Å². The molecule has 0 amide bonds. The third kappa shape index (κ3) is 3.12. The molecule has 2 rings (SSSR count). The Morgan fingerprint density at radius 2 is 2.29 bits per heavy atom. The van der Waals surface area contributed by atoms with Crippen molar-refractivity contribution in [3.63, 3.8) is 0 Å². The van der Waals surface area contributed by atoms with E-state index in [0.29, 0.717) is 11.3 Å². The minimum atomic E-state index is 0.459. The summed E-state index contributed by atoms with van der Waals surface area (Å²) in [5.41, 5.74) is 0.459. The Bertz CT molecular complexity index is 329. The van der Waals surface area contributed by atoms with Gasteiger partial charge in [0.1, 0.15) is 5.76 Å². The molecule has 1 saturated carbocycles. The zero-order valence-electron chi connectivity index (χ0n) is 11.3. The van der Waals surface area contributed by atoms with Crippen LogP contribution in [0.2, 0.25) is 0 Å². The van der Waals surface area contributed by atoms with E-state index in [1.807, 2.05) is 6.07 Å². The van der Waals surface area contributed by atoms with Crippen LogP contribution < -0.4 is 5.32 Å². The minimum Gasteiger partial charge on any atom is -0.469 e. The van der Waals surface area contributed by atoms with Crippen LogP contribution in [0.3, 0.4) is 0 Å². The second-order valence-corrected chi connectivity index (χ2v) is 6.10. The first kappa shape index (κ1) is 12.7. The van der Waals surface area contributed by atoms with Gasteiger partial charge in [-0.1, -0.05) is 20.8 Å². The molecule has 2 unspecified atom stereocenters. The van der Waals surface area contributed by atoms with Gasteiger partial charge in [0.25, 0.3) is 0 Å². The van der Waals surface area contributed by atoms with Gasteiger partial charge in [-0.3, -0.25) is 0 Å². The van der Waals surface area contributed by atoms with E-state index in [9.17, 15) is 0 Å². The van der Waals surface area contributed by atoms with Gasteiger partial charge < -0.3 is 9.73 Å². The first-order chi connectivity index (χ1) is 8.12. The first-order valence-electron chi connectivity index (χ1n) is 6.86. The van der Waals surface area contributed by atoms with Crippen LogP contribution in [0.4, 0.5) is 0 Å². The summed E-state index contributed by atoms with van der Waals surface area (Å²) in [6.45, 7) is 9.12. The van der Waals surface area contributed by atoms with Crippen molar-refractivity contribution in [2.75, 3.05) is 13.1 Å².